The molecule has 0 N–H and O–H groups in total. The second-order valence-corrected chi connectivity index (χ2v) is 5.14. The van der Waals surface area contributed by atoms with Gasteiger partial charge in [0.2, 0.25) is 0 Å². The van der Waals surface area contributed by atoms with Crippen molar-refractivity contribution in [3.63, 3.8) is 0 Å². The molecule has 16 heavy (non-hydrogen) atoms. The first-order chi connectivity index (χ1) is 7.77. The van der Waals surface area contributed by atoms with Crippen LogP contribution in [0.1, 0.15) is 36.8 Å². The fourth-order valence-corrected chi connectivity index (χ4v) is 2.35. The van der Waals surface area contributed by atoms with E-state index >= 15 is 0 Å². The molecule has 0 atom stereocenters. The Hall–Kier alpha value is -1.30. The van der Waals surface area contributed by atoms with Crippen LogP contribution in [0.4, 0.5) is 0 Å². The Morgan fingerprint density at radius 2 is 1.19 bits per heavy atom. The maximum absolute atomic E-state index is 4.27. The lowest BCUT2D eigenvalue weighted by Gasteiger charge is -2.13. The number of allylic oxidation sites excluding steroid dienone is 2. The van der Waals surface area contributed by atoms with Gasteiger partial charge in [-0.15, -0.1) is 0 Å². The minimum atomic E-state index is 0.744. The van der Waals surface area contributed by atoms with Gasteiger partial charge in [-0.2, -0.15) is 0 Å². The predicted molar refractivity (Wildman–Crippen MR) is 70.0 cm³/mol. The van der Waals surface area contributed by atoms with Gasteiger partial charge in [-0.05, 0) is 59.8 Å². The first kappa shape index (κ1) is 9.89. The molecule has 1 aromatic rings. The molecule has 0 saturated heterocycles. The van der Waals surface area contributed by atoms with Crippen LogP contribution in [0.2, 0.25) is 0 Å². The normalized spacial score (nSPS) is 19.5. The average molecular weight is 210 g/mol. The summed E-state index contributed by atoms with van der Waals surface area (Å²) in [6, 6.07) is 8.66. The summed E-state index contributed by atoms with van der Waals surface area (Å²) in [4.78, 5) is 0. The first-order valence-electron chi connectivity index (χ1n) is 6.24. The molecule has 0 nitrogen and oxygen atoms in total. The summed E-state index contributed by atoms with van der Waals surface area (Å²) in [5.74, 6) is 1.49. The molecule has 0 aliphatic heterocycles. The molecule has 0 heteroatoms. The van der Waals surface area contributed by atoms with E-state index in [0.717, 1.165) is 11.8 Å². The molecule has 2 saturated carbocycles. The van der Waals surface area contributed by atoms with Gasteiger partial charge >= 0.3 is 0 Å². The van der Waals surface area contributed by atoms with E-state index in [2.05, 4.69) is 37.4 Å². The average Bonchev–Trinajstić information content (AvgIpc) is 3.20. The molecule has 0 amide bonds. The Kier molecular flexibility index (Phi) is 2.24. The van der Waals surface area contributed by atoms with Crippen LogP contribution in [0, 0.1) is 11.8 Å². The quantitative estimate of drug-likeness (QED) is 0.684. The zero-order valence-electron chi connectivity index (χ0n) is 9.71. The maximum Gasteiger partial charge on any atom is -0.0152 e. The zero-order valence-corrected chi connectivity index (χ0v) is 9.71. The summed E-state index contributed by atoms with van der Waals surface area (Å²) in [5.41, 5.74) is 5.36. The van der Waals surface area contributed by atoms with Crippen molar-refractivity contribution >= 4 is 11.1 Å². The van der Waals surface area contributed by atoms with E-state index in [4.69, 9.17) is 0 Å². The highest BCUT2D eigenvalue weighted by molar-refractivity contribution is 5.81. The first-order valence-corrected chi connectivity index (χ1v) is 6.24. The summed E-state index contributed by atoms with van der Waals surface area (Å²) in [6.45, 7) is 8.54. The van der Waals surface area contributed by atoms with Crippen LogP contribution in [0.3, 0.4) is 0 Å². The molecule has 1 aromatic carbocycles. The molecule has 0 radical (unpaired) electrons. The maximum atomic E-state index is 4.27. The van der Waals surface area contributed by atoms with E-state index in [1.54, 1.807) is 0 Å². The topological polar surface area (TPSA) is 0 Å². The molecular weight excluding hydrogens is 192 g/mol. The van der Waals surface area contributed by atoms with Crippen LogP contribution in [0.5, 0.6) is 0 Å². The lowest BCUT2D eigenvalue weighted by Crippen LogP contribution is -1.94. The van der Waals surface area contributed by atoms with Crippen molar-refractivity contribution in [2.45, 2.75) is 25.7 Å². The van der Waals surface area contributed by atoms with Crippen molar-refractivity contribution in [1.29, 1.82) is 0 Å². The standard InChI is InChI=1S/C16H18/c1-11(13-7-8-13)15-5-3-4-6-16(15)12(2)14-9-10-14/h3-6,13-14H,1-2,7-10H2. The second-order valence-electron chi connectivity index (χ2n) is 5.14. The van der Waals surface area contributed by atoms with Crippen LogP contribution in [-0.2, 0) is 0 Å². The molecule has 3 rings (SSSR count). The summed E-state index contributed by atoms with van der Waals surface area (Å²) in [5, 5.41) is 0. The Balaban J connectivity index is 1.96. The number of benzene rings is 1. The van der Waals surface area contributed by atoms with Gasteiger partial charge in [0.15, 0.2) is 0 Å². The molecular formula is C16H18. The van der Waals surface area contributed by atoms with E-state index in [-0.39, 0.29) is 0 Å². The Bertz CT molecular complexity index is 402. The number of rotatable bonds is 4. The molecule has 2 aliphatic carbocycles. The van der Waals surface area contributed by atoms with Gasteiger partial charge in [-0.25, -0.2) is 0 Å². The summed E-state index contributed by atoms with van der Waals surface area (Å²) in [7, 11) is 0. The molecule has 82 valence electrons. The zero-order chi connectivity index (χ0) is 11.1. The van der Waals surface area contributed by atoms with E-state index in [1.807, 2.05) is 0 Å². The molecule has 2 aliphatic rings. The highest BCUT2D eigenvalue weighted by Crippen LogP contribution is 2.46. The van der Waals surface area contributed by atoms with Gasteiger partial charge in [-0.3, -0.25) is 0 Å². The number of hydrogen-bond acceptors (Lipinski definition) is 0. The minimum absolute atomic E-state index is 0.744. The van der Waals surface area contributed by atoms with Crippen LogP contribution < -0.4 is 0 Å². The van der Waals surface area contributed by atoms with Crippen molar-refractivity contribution in [2.75, 3.05) is 0 Å². The van der Waals surface area contributed by atoms with Crippen molar-refractivity contribution in [1.82, 2.24) is 0 Å². The van der Waals surface area contributed by atoms with Crippen LogP contribution in [-0.4, -0.2) is 0 Å². The lowest BCUT2D eigenvalue weighted by atomic mass is 9.92. The van der Waals surface area contributed by atoms with Crippen LogP contribution >= 0.6 is 0 Å². The van der Waals surface area contributed by atoms with E-state index in [0.29, 0.717) is 0 Å². The van der Waals surface area contributed by atoms with Crippen molar-refractivity contribution < 1.29 is 0 Å². The van der Waals surface area contributed by atoms with Crippen molar-refractivity contribution in [3.8, 4) is 0 Å². The third-order valence-corrected chi connectivity index (χ3v) is 3.76. The van der Waals surface area contributed by atoms with Crippen molar-refractivity contribution in [2.24, 2.45) is 11.8 Å². The van der Waals surface area contributed by atoms with Gasteiger partial charge in [-0.1, -0.05) is 37.4 Å². The third kappa shape index (κ3) is 1.73. The van der Waals surface area contributed by atoms with Crippen LogP contribution in [0.15, 0.2) is 37.4 Å². The molecule has 0 heterocycles. The van der Waals surface area contributed by atoms with Gasteiger partial charge in [0.25, 0.3) is 0 Å². The molecule has 2 fully saturated rings. The highest BCUT2D eigenvalue weighted by Gasteiger charge is 2.30. The molecule has 0 spiro atoms. The minimum Gasteiger partial charge on any atom is -0.0949 e. The molecule has 0 aromatic heterocycles. The van der Waals surface area contributed by atoms with Gasteiger partial charge in [0, 0.05) is 0 Å². The summed E-state index contributed by atoms with van der Waals surface area (Å²) >= 11 is 0. The van der Waals surface area contributed by atoms with Gasteiger partial charge in [0.05, 0.1) is 0 Å². The van der Waals surface area contributed by atoms with E-state index < -0.39 is 0 Å². The lowest BCUT2D eigenvalue weighted by molar-refractivity contribution is 1.12. The summed E-state index contributed by atoms with van der Waals surface area (Å²) in [6.07, 6.45) is 5.29. The largest absolute Gasteiger partial charge is 0.0949 e. The number of hydrogen-bond donors (Lipinski definition) is 0. The smallest absolute Gasteiger partial charge is 0.0152 e. The van der Waals surface area contributed by atoms with Crippen molar-refractivity contribution in [3.05, 3.63) is 48.6 Å². The highest BCUT2D eigenvalue weighted by atomic mass is 14.3. The Morgan fingerprint density at radius 1 is 0.812 bits per heavy atom. The summed E-state index contributed by atoms with van der Waals surface area (Å²) < 4.78 is 0. The monoisotopic (exact) mass is 210 g/mol. The third-order valence-electron chi connectivity index (χ3n) is 3.76. The van der Waals surface area contributed by atoms with Gasteiger partial charge in [0.1, 0.15) is 0 Å². The fraction of sp³-hybridized carbons (Fsp3) is 0.375. The second kappa shape index (κ2) is 3.62. The molecule has 0 bridgehead atoms. The Morgan fingerprint density at radius 3 is 1.50 bits per heavy atom. The SMILES string of the molecule is C=C(c1ccccc1C(=C)C1CC1)C1CC1. The Labute approximate surface area is 97.7 Å². The van der Waals surface area contributed by atoms with E-state index in [1.165, 1.54) is 48.0 Å². The van der Waals surface area contributed by atoms with Crippen LogP contribution in [0.25, 0.3) is 11.1 Å². The fourth-order valence-electron chi connectivity index (χ4n) is 2.35. The van der Waals surface area contributed by atoms with E-state index in [9.17, 15) is 0 Å². The predicted octanol–water partition coefficient (Wildman–Crippen LogP) is 4.53. The molecule has 0 unspecified atom stereocenters. The van der Waals surface area contributed by atoms with Gasteiger partial charge < -0.3 is 0 Å².